The fourth-order valence-electron chi connectivity index (χ4n) is 1.78. The first-order valence-corrected chi connectivity index (χ1v) is 6.77. The summed E-state index contributed by atoms with van der Waals surface area (Å²) in [5.74, 6) is 0.235. The van der Waals surface area contributed by atoms with Gasteiger partial charge in [0, 0.05) is 18.5 Å². The van der Waals surface area contributed by atoms with Gasteiger partial charge >= 0.3 is 5.82 Å². The molecule has 8 heteroatoms. The van der Waals surface area contributed by atoms with Gasteiger partial charge in [-0.3, -0.25) is 0 Å². The highest BCUT2D eigenvalue weighted by atomic mass is 32.1. The lowest BCUT2D eigenvalue weighted by molar-refractivity contribution is -0.389. The van der Waals surface area contributed by atoms with Crippen molar-refractivity contribution in [2.24, 2.45) is 5.41 Å². The van der Waals surface area contributed by atoms with Crippen molar-refractivity contribution in [3.63, 3.8) is 0 Å². The highest BCUT2D eigenvalue weighted by molar-refractivity contribution is 7.15. The number of thiazole rings is 1. The summed E-state index contributed by atoms with van der Waals surface area (Å²) in [5.41, 5.74) is -0.153. The van der Waals surface area contributed by atoms with Crippen molar-refractivity contribution < 1.29 is 10.0 Å². The first-order valence-electron chi connectivity index (χ1n) is 5.89. The molecule has 2 aromatic rings. The molecule has 0 aromatic carbocycles. The van der Waals surface area contributed by atoms with Crippen LogP contribution in [0, 0.1) is 15.5 Å². The zero-order chi connectivity index (χ0) is 14.0. The number of aromatic nitrogens is 2. The molecule has 0 radical (unpaired) electrons. The molecular formula is C11H16N4O3S. The first-order chi connectivity index (χ1) is 8.94. The van der Waals surface area contributed by atoms with Crippen molar-refractivity contribution in [2.75, 3.05) is 18.5 Å². The van der Waals surface area contributed by atoms with Crippen LogP contribution < -0.4 is 5.32 Å². The third-order valence-corrected chi connectivity index (χ3v) is 3.69. The zero-order valence-electron chi connectivity index (χ0n) is 10.8. The Morgan fingerprint density at radius 2 is 2.37 bits per heavy atom. The molecule has 2 N–H and O–H groups in total. The van der Waals surface area contributed by atoms with Crippen LogP contribution in [-0.4, -0.2) is 32.6 Å². The summed E-state index contributed by atoms with van der Waals surface area (Å²) >= 11 is 1.35. The Kier molecular flexibility index (Phi) is 3.72. The van der Waals surface area contributed by atoms with E-state index < -0.39 is 4.92 Å². The molecule has 0 atom stereocenters. The van der Waals surface area contributed by atoms with E-state index in [0.29, 0.717) is 17.9 Å². The summed E-state index contributed by atoms with van der Waals surface area (Å²) in [6.45, 7) is 4.58. The van der Waals surface area contributed by atoms with Crippen LogP contribution in [0.1, 0.15) is 20.3 Å². The van der Waals surface area contributed by atoms with Crippen LogP contribution in [-0.2, 0) is 0 Å². The number of anilines is 1. The fourth-order valence-corrected chi connectivity index (χ4v) is 2.49. The number of aliphatic hydroxyl groups is 1. The molecule has 104 valence electrons. The van der Waals surface area contributed by atoms with Gasteiger partial charge in [-0.05, 0) is 16.8 Å². The number of nitrogens with one attached hydrogen (secondary N) is 1. The van der Waals surface area contributed by atoms with E-state index in [9.17, 15) is 10.1 Å². The smallest absolute Gasteiger partial charge is 0.372 e. The van der Waals surface area contributed by atoms with Crippen LogP contribution in [0.3, 0.4) is 0 Å². The van der Waals surface area contributed by atoms with Gasteiger partial charge < -0.3 is 20.5 Å². The maximum absolute atomic E-state index is 11.1. The van der Waals surface area contributed by atoms with Gasteiger partial charge in [-0.2, -0.15) is 9.38 Å². The molecule has 0 unspecified atom stereocenters. The van der Waals surface area contributed by atoms with E-state index in [0.717, 1.165) is 0 Å². The molecule has 0 saturated heterocycles. The molecule has 0 aliphatic rings. The number of hydrogen-bond donors (Lipinski definition) is 2. The number of nitro groups is 1. The fraction of sp³-hybridized carbons (Fsp3) is 0.545. The standard InChI is InChI=1S/C11H16N4O3S/c1-11(2,3-5-16)7-12-8-9(15(17)18)14-4-6-19-10(14)13-8/h4,6,12,16H,3,5,7H2,1-2H3. The second kappa shape index (κ2) is 5.14. The Morgan fingerprint density at radius 3 is 3.00 bits per heavy atom. The average molecular weight is 284 g/mol. The maximum Gasteiger partial charge on any atom is 0.372 e. The van der Waals surface area contributed by atoms with Crippen molar-refractivity contribution in [3.8, 4) is 0 Å². The molecule has 7 nitrogen and oxygen atoms in total. The normalized spacial score (nSPS) is 11.9. The van der Waals surface area contributed by atoms with Crippen LogP contribution >= 0.6 is 11.3 Å². The number of nitrogens with zero attached hydrogens (tertiary/aromatic N) is 3. The lowest BCUT2D eigenvalue weighted by Crippen LogP contribution is -2.24. The number of rotatable bonds is 6. The van der Waals surface area contributed by atoms with Gasteiger partial charge in [0.2, 0.25) is 5.82 Å². The van der Waals surface area contributed by atoms with E-state index in [2.05, 4.69) is 10.3 Å². The van der Waals surface area contributed by atoms with Crippen LogP contribution in [0.25, 0.3) is 4.96 Å². The highest BCUT2D eigenvalue weighted by Crippen LogP contribution is 2.29. The number of aliphatic hydroxyl groups excluding tert-OH is 1. The Morgan fingerprint density at radius 1 is 1.63 bits per heavy atom. The Hall–Kier alpha value is -1.67. The summed E-state index contributed by atoms with van der Waals surface area (Å²) in [5, 5.41) is 24.9. The summed E-state index contributed by atoms with van der Waals surface area (Å²) in [4.78, 5) is 15.5. The van der Waals surface area contributed by atoms with E-state index in [1.807, 2.05) is 13.8 Å². The molecule has 0 spiro atoms. The summed E-state index contributed by atoms with van der Waals surface area (Å²) in [6, 6.07) is 0. The largest absolute Gasteiger partial charge is 0.396 e. The number of hydrogen-bond acceptors (Lipinski definition) is 6. The Balaban J connectivity index is 2.23. The minimum absolute atomic E-state index is 0.0453. The van der Waals surface area contributed by atoms with Crippen molar-refractivity contribution in [2.45, 2.75) is 20.3 Å². The minimum Gasteiger partial charge on any atom is -0.396 e. The monoisotopic (exact) mass is 284 g/mol. The molecule has 0 saturated carbocycles. The van der Waals surface area contributed by atoms with Gasteiger partial charge in [-0.15, -0.1) is 0 Å². The van der Waals surface area contributed by atoms with E-state index in [-0.39, 0.29) is 23.7 Å². The lowest BCUT2D eigenvalue weighted by Gasteiger charge is -2.23. The van der Waals surface area contributed by atoms with E-state index >= 15 is 0 Å². The third-order valence-electron chi connectivity index (χ3n) is 2.93. The van der Waals surface area contributed by atoms with E-state index in [4.69, 9.17) is 5.11 Å². The third kappa shape index (κ3) is 2.85. The maximum atomic E-state index is 11.1. The summed E-state index contributed by atoms with van der Waals surface area (Å²) in [7, 11) is 0. The molecule has 0 amide bonds. The summed E-state index contributed by atoms with van der Waals surface area (Å²) < 4.78 is 1.46. The molecule has 2 rings (SSSR count). The van der Waals surface area contributed by atoms with Gasteiger partial charge in [0.1, 0.15) is 6.20 Å². The van der Waals surface area contributed by atoms with E-state index in [1.165, 1.54) is 15.7 Å². The van der Waals surface area contributed by atoms with Crippen molar-refractivity contribution in [1.29, 1.82) is 0 Å². The topological polar surface area (TPSA) is 92.7 Å². The van der Waals surface area contributed by atoms with Crippen molar-refractivity contribution in [3.05, 3.63) is 21.7 Å². The Bertz CT molecular complexity index is 590. The highest BCUT2D eigenvalue weighted by Gasteiger charge is 2.25. The van der Waals surface area contributed by atoms with Gasteiger partial charge in [-0.25, -0.2) is 0 Å². The van der Waals surface area contributed by atoms with Crippen LogP contribution in [0.4, 0.5) is 11.6 Å². The molecule has 0 fully saturated rings. The summed E-state index contributed by atoms with van der Waals surface area (Å²) in [6.07, 6.45) is 2.26. The number of fused-ring (bicyclic) bond motifs is 1. The zero-order valence-corrected chi connectivity index (χ0v) is 11.6. The molecule has 2 heterocycles. The molecule has 0 aliphatic heterocycles. The second-order valence-electron chi connectivity index (χ2n) is 5.09. The molecule has 2 aromatic heterocycles. The van der Waals surface area contributed by atoms with Gasteiger partial charge in [0.25, 0.3) is 4.96 Å². The van der Waals surface area contributed by atoms with Gasteiger partial charge in [-0.1, -0.05) is 25.2 Å². The van der Waals surface area contributed by atoms with Crippen LogP contribution in [0.15, 0.2) is 11.6 Å². The van der Waals surface area contributed by atoms with Gasteiger partial charge in [0.15, 0.2) is 0 Å². The average Bonchev–Trinajstić information content (AvgIpc) is 2.84. The minimum atomic E-state index is -0.436. The Labute approximate surface area is 114 Å². The van der Waals surface area contributed by atoms with E-state index in [1.54, 1.807) is 11.6 Å². The quantitative estimate of drug-likeness (QED) is 0.626. The SMILES string of the molecule is CC(C)(CCO)CNc1nc2sccn2c1[N+](=O)[O-]. The second-order valence-corrected chi connectivity index (χ2v) is 5.96. The van der Waals surface area contributed by atoms with Crippen LogP contribution in [0.2, 0.25) is 0 Å². The predicted molar refractivity (Wildman–Crippen MR) is 73.7 cm³/mol. The van der Waals surface area contributed by atoms with Crippen molar-refractivity contribution in [1.82, 2.24) is 9.38 Å². The van der Waals surface area contributed by atoms with Crippen LogP contribution in [0.5, 0.6) is 0 Å². The predicted octanol–water partition coefficient (Wildman–Crippen LogP) is 2.12. The number of imidazole rings is 1. The molecular weight excluding hydrogens is 268 g/mol. The van der Waals surface area contributed by atoms with Crippen molar-refractivity contribution >= 4 is 27.9 Å². The molecule has 0 bridgehead atoms. The molecule has 19 heavy (non-hydrogen) atoms. The molecule has 0 aliphatic carbocycles. The van der Waals surface area contributed by atoms with Gasteiger partial charge in [0.05, 0.1) is 0 Å². The first kappa shape index (κ1) is 13.8. The lowest BCUT2D eigenvalue weighted by atomic mass is 9.90.